The molecule has 30 heavy (non-hydrogen) atoms. The lowest BCUT2D eigenvalue weighted by Crippen LogP contribution is -2.29. The van der Waals surface area contributed by atoms with E-state index in [-0.39, 0.29) is 5.91 Å². The van der Waals surface area contributed by atoms with E-state index in [1.807, 2.05) is 59.9 Å². The zero-order chi connectivity index (χ0) is 20.3. The Kier molecular flexibility index (Phi) is 5.03. The van der Waals surface area contributed by atoms with Crippen molar-refractivity contribution >= 4 is 45.6 Å². The summed E-state index contributed by atoms with van der Waals surface area (Å²) < 4.78 is 0. The number of pyridine rings is 1. The van der Waals surface area contributed by atoms with Gasteiger partial charge in [-0.3, -0.25) is 9.78 Å². The Morgan fingerprint density at radius 1 is 1.07 bits per heavy atom. The molecule has 0 fully saturated rings. The van der Waals surface area contributed by atoms with Gasteiger partial charge >= 0.3 is 0 Å². The molecule has 0 radical (unpaired) electrons. The van der Waals surface area contributed by atoms with Crippen molar-refractivity contribution in [2.45, 2.75) is 13.0 Å². The Hall–Kier alpha value is -3.44. The van der Waals surface area contributed by atoms with Gasteiger partial charge in [0.1, 0.15) is 0 Å². The number of thiophene rings is 1. The molecule has 0 atom stereocenters. The lowest BCUT2D eigenvalue weighted by atomic mass is 10.1. The van der Waals surface area contributed by atoms with Crippen molar-refractivity contribution in [3.8, 4) is 0 Å². The monoisotopic (exact) mass is 411 g/mol. The lowest BCUT2D eigenvalue weighted by molar-refractivity contribution is -0.111. The van der Waals surface area contributed by atoms with Gasteiger partial charge < -0.3 is 10.2 Å². The Morgan fingerprint density at radius 2 is 1.93 bits per heavy atom. The minimum atomic E-state index is -0.156. The minimum absolute atomic E-state index is 0.156. The first-order valence-corrected chi connectivity index (χ1v) is 10.9. The number of nitrogens with zero attached hydrogens (tertiary/aromatic N) is 2. The Bertz CT molecular complexity index is 1220. The summed E-state index contributed by atoms with van der Waals surface area (Å²) in [4.78, 5) is 20.7. The van der Waals surface area contributed by atoms with Crippen molar-refractivity contribution in [2.24, 2.45) is 0 Å². The molecule has 1 N–H and O–H groups in total. The molecular formula is C25H21N3OS. The van der Waals surface area contributed by atoms with Crippen LogP contribution in [0.3, 0.4) is 0 Å². The van der Waals surface area contributed by atoms with Crippen LogP contribution < -0.4 is 10.2 Å². The fourth-order valence-corrected chi connectivity index (χ4v) is 4.73. The first kappa shape index (κ1) is 18.6. The van der Waals surface area contributed by atoms with Crippen LogP contribution >= 0.6 is 11.3 Å². The van der Waals surface area contributed by atoms with Crippen molar-refractivity contribution in [1.82, 2.24) is 4.98 Å². The largest absolute Gasteiger partial charge is 0.367 e. The third-order valence-corrected chi connectivity index (χ3v) is 6.41. The maximum atomic E-state index is 12.4. The van der Waals surface area contributed by atoms with E-state index in [1.165, 1.54) is 16.1 Å². The summed E-state index contributed by atoms with van der Waals surface area (Å²) in [5.74, 6) is -0.156. The van der Waals surface area contributed by atoms with E-state index in [1.54, 1.807) is 12.3 Å². The highest BCUT2D eigenvalue weighted by Crippen LogP contribution is 2.28. The van der Waals surface area contributed by atoms with E-state index < -0.39 is 0 Å². The number of hydrogen-bond acceptors (Lipinski definition) is 4. The highest BCUT2D eigenvalue weighted by atomic mass is 32.1. The summed E-state index contributed by atoms with van der Waals surface area (Å²) in [5.41, 5.74) is 5.22. The number of hydrogen-bond donors (Lipinski definition) is 1. The topological polar surface area (TPSA) is 45.2 Å². The minimum Gasteiger partial charge on any atom is -0.367 e. The van der Waals surface area contributed by atoms with Gasteiger partial charge in [-0.05, 0) is 59.8 Å². The second-order valence-electron chi connectivity index (χ2n) is 7.33. The average molecular weight is 412 g/mol. The summed E-state index contributed by atoms with van der Waals surface area (Å²) in [6, 6.07) is 20.2. The van der Waals surface area contributed by atoms with Crippen molar-refractivity contribution < 1.29 is 4.79 Å². The van der Waals surface area contributed by atoms with E-state index in [2.05, 4.69) is 38.8 Å². The van der Waals surface area contributed by atoms with Gasteiger partial charge in [-0.15, -0.1) is 11.3 Å². The van der Waals surface area contributed by atoms with Gasteiger partial charge in [0.05, 0.1) is 5.52 Å². The fraction of sp³-hybridized carbons (Fsp3) is 0.120. The van der Waals surface area contributed by atoms with Crippen LogP contribution in [0.25, 0.3) is 17.0 Å². The number of benzene rings is 2. The SMILES string of the molecule is O=C(/C=C/c1cccc2cccnc12)Nc1ccc(N2CCc3sccc3C2)cc1. The molecule has 148 valence electrons. The van der Waals surface area contributed by atoms with E-state index in [0.717, 1.165) is 41.7 Å². The molecule has 1 aliphatic heterocycles. The van der Waals surface area contributed by atoms with E-state index in [9.17, 15) is 4.79 Å². The Balaban J connectivity index is 1.25. The number of aromatic nitrogens is 1. The Morgan fingerprint density at radius 3 is 2.83 bits per heavy atom. The van der Waals surface area contributed by atoms with Crippen LogP contribution in [0.1, 0.15) is 16.0 Å². The molecule has 1 amide bonds. The molecule has 0 saturated carbocycles. The average Bonchev–Trinajstić information content (AvgIpc) is 3.26. The number of amides is 1. The van der Waals surface area contributed by atoms with E-state index >= 15 is 0 Å². The normalized spacial score (nSPS) is 13.5. The molecule has 1 aliphatic rings. The number of para-hydroxylation sites is 1. The predicted molar refractivity (Wildman–Crippen MR) is 125 cm³/mol. The van der Waals surface area contributed by atoms with E-state index in [0.29, 0.717) is 0 Å². The van der Waals surface area contributed by atoms with Gasteiger partial charge in [0.15, 0.2) is 0 Å². The highest BCUT2D eigenvalue weighted by Gasteiger charge is 2.17. The van der Waals surface area contributed by atoms with Gasteiger partial charge in [-0.1, -0.05) is 24.3 Å². The maximum Gasteiger partial charge on any atom is 0.248 e. The molecule has 0 bridgehead atoms. The second kappa shape index (κ2) is 8.13. The molecule has 5 heteroatoms. The molecule has 0 saturated heterocycles. The predicted octanol–water partition coefficient (Wildman–Crippen LogP) is 5.51. The van der Waals surface area contributed by atoms with Crippen molar-refractivity contribution in [1.29, 1.82) is 0 Å². The Labute approximate surface area is 179 Å². The van der Waals surface area contributed by atoms with Crippen LogP contribution in [0.15, 0.2) is 78.3 Å². The lowest BCUT2D eigenvalue weighted by Gasteiger charge is -2.29. The van der Waals surface area contributed by atoms with Crippen LogP contribution in [0.4, 0.5) is 11.4 Å². The molecule has 3 heterocycles. The van der Waals surface area contributed by atoms with Gasteiger partial charge in [0, 0.05) is 52.6 Å². The molecule has 0 unspecified atom stereocenters. The molecule has 0 spiro atoms. The van der Waals surface area contributed by atoms with Crippen LogP contribution in [-0.2, 0) is 17.8 Å². The quantitative estimate of drug-likeness (QED) is 0.450. The van der Waals surface area contributed by atoms with Crippen LogP contribution in [0, 0.1) is 0 Å². The van der Waals surface area contributed by atoms with Crippen molar-refractivity contribution in [3.05, 3.63) is 94.3 Å². The van der Waals surface area contributed by atoms with Crippen LogP contribution in [-0.4, -0.2) is 17.4 Å². The molecule has 0 aliphatic carbocycles. The number of carbonyl (C=O) groups is 1. The number of fused-ring (bicyclic) bond motifs is 2. The summed E-state index contributed by atoms with van der Waals surface area (Å²) in [5, 5.41) is 6.17. The third kappa shape index (κ3) is 3.84. The van der Waals surface area contributed by atoms with Crippen LogP contribution in [0.2, 0.25) is 0 Å². The summed E-state index contributed by atoms with van der Waals surface area (Å²) in [6.07, 6.45) is 6.23. The van der Waals surface area contributed by atoms with Gasteiger partial charge in [0.25, 0.3) is 0 Å². The molecule has 4 nitrogen and oxygen atoms in total. The number of nitrogens with one attached hydrogen (secondary N) is 1. The van der Waals surface area contributed by atoms with Crippen LogP contribution in [0.5, 0.6) is 0 Å². The summed E-state index contributed by atoms with van der Waals surface area (Å²) >= 11 is 1.85. The molecule has 5 rings (SSSR count). The molecular weight excluding hydrogens is 390 g/mol. The van der Waals surface area contributed by atoms with Crippen molar-refractivity contribution in [2.75, 3.05) is 16.8 Å². The van der Waals surface area contributed by atoms with Gasteiger partial charge in [0.2, 0.25) is 5.91 Å². The van der Waals surface area contributed by atoms with Crippen molar-refractivity contribution in [3.63, 3.8) is 0 Å². The zero-order valence-electron chi connectivity index (χ0n) is 16.4. The summed E-state index contributed by atoms with van der Waals surface area (Å²) in [7, 11) is 0. The standard InChI is InChI=1S/C25H21N3OS/c29-24(11-6-19-4-1-3-18-5-2-14-26-25(18)19)27-21-7-9-22(10-8-21)28-15-12-23-20(17-28)13-16-30-23/h1-11,13-14,16H,12,15,17H2,(H,27,29)/b11-6+. The van der Waals surface area contributed by atoms with E-state index in [4.69, 9.17) is 0 Å². The third-order valence-electron chi connectivity index (χ3n) is 5.39. The number of carbonyl (C=O) groups excluding carboxylic acids is 1. The number of rotatable bonds is 4. The number of anilines is 2. The summed E-state index contributed by atoms with van der Waals surface area (Å²) in [6.45, 7) is 1.98. The second-order valence-corrected chi connectivity index (χ2v) is 8.33. The smallest absolute Gasteiger partial charge is 0.248 e. The zero-order valence-corrected chi connectivity index (χ0v) is 17.2. The van der Waals surface area contributed by atoms with Gasteiger partial charge in [-0.2, -0.15) is 0 Å². The highest BCUT2D eigenvalue weighted by molar-refractivity contribution is 7.10. The molecule has 4 aromatic rings. The first-order valence-electron chi connectivity index (χ1n) is 9.99. The molecule has 2 aromatic carbocycles. The fourth-order valence-electron chi connectivity index (χ4n) is 3.84. The first-order chi connectivity index (χ1) is 14.8. The molecule has 2 aromatic heterocycles. The van der Waals surface area contributed by atoms with Gasteiger partial charge in [-0.25, -0.2) is 0 Å². The maximum absolute atomic E-state index is 12.4.